The third kappa shape index (κ3) is 4.67. The predicted octanol–water partition coefficient (Wildman–Crippen LogP) is 4.04. The Morgan fingerprint density at radius 2 is 1.68 bits per heavy atom. The fourth-order valence-corrected chi connectivity index (χ4v) is 4.97. The van der Waals surface area contributed by atoms with Gasteiger partial charge < -0.3 is 10.1 Å². The Balaban J connectivity index is 1.77. The molecule has 3 rings (SSSR count). The number of sulfonamides is 1. The minimum atomic E-state index is -3.66. The molecule has 2 aromatic carbocycles. The lowest BCUT2D eigenvalue weighted by Gasteiger charge is -2.34. The molecule has 0 saturated carbocycles. The summed E-state index contributed by atoms with van der Waals surface area (Å²) in [5, 5.41) is 3.46. The molecule has 0 bridgehead atoms. The standard InChI is InChI=1S/C19H20Cl2N2O4S/c1-12-10-23(11-13(2)27-12)28(25,26)16-6-3-14(4-7-16)19(24)22-18-9-15(20)5-8-17(18)21/h3-9,12-13H,10-11H2,1-2H3,(H,22,24)/t12-,13+. The molecule has 1 aliphatic heterocycles. The summed E-state index contributed by atoms with van der Waals surface area (Å²) in [4.78, 5) is 12.6. The third-order valence-electron chi connectivity index (χ3n) is 4.32. The highest BCUT2D eigenvalue weighted by atomic mass is 35.5. The van der Waals surface area contributed by atoms with E-state index in [1.807, 2.05) is 13.8 Å². The Bertz CT molecular complexity index is 970. The number of halogens is 2. The highest BCUT2D eigenvalue weighted by Crippen LogP contribution is 2.26. The number of hydrogen-bond acceptors (Lipinski definition) is 4. The molecule has 9 heteroatoms. The first-order valence-electron chi connectivity index (χ1n) is 8.69. The second-order valence-corrected chi connectivity index (χ2v) is 9.46. The SMILES string of the molecule is C[C@@H]1CN(S(=O)(=O)c2ccc(C(=O)Nc3cc(Cl)ccc3Cl)cc2)C[C@H](C)O1. The highest BCUT2D eigenvalue weighted by Gasteiger charge is 2.32. The number of carbonyl (C=O) groups is 1. The van der Waals surface area contributed by atoms with E-state index in [0.29, 0.717) is 34.4 Å². The van der Waals surface area contributed by atoms with Crippen LogP contribution in [-0.4, -0.2) is 43.9 Å². The van der Waals surface area contributed by atoms with Crippen LogP contribution < -0.4 is 5.32 Å². The lowest BCUT2D eigenvalue weighted by atomic mass is 10.2. The van der Waals surface area contributed by atoms with Gasteiger partial charge in [-0.3, -0.25) is 4.79 Å². The summed E-state index contributed by atoms with van der Waals surface area (Å²) in [5.74, 6) is -0.415. The number of rotatable bonds is 4. The number of benzene rings is 2. The van der Waals surface area contributed by atoms with Crippen molar-refractivity contribution in [3.05, 3.63) is 58.1 Å². The van der Waals surface area contributed by atoms with E-state index in [0.717, 1.165) is 0 Å². The van der Waals surface area contributed by atoms with Crippen LogP contribution in [0.4, 0.5) is 5.69 Å². The summed E-state index contributed by atoms with van der Waals surface area (Å²) in [6.07, 6.45) is -0.350. The highest BCUT2D eigenvalue weighted by molar-refractivity contribution is 7.89. The van der Waals surface area contributed by atoms with Gasteiger partial charge in [0, 0.05) is 23.7 Å². The first-order valence-corrected chi connectivity index (χ1v) is 10.9. The topological polar surface area (TPSA) is 75.7 Å². The Labute approximate surface area is 174 Å². The molecule has 0 aromatic heterocycles. The molecule has 1 aliphatic rings. The fraction of sp³-hybridized carbons (Fsp3) is 0.316. The molecular formula is C19H20Cl2N2O4S. The van der Waals surface area contributed by atoms with Crippen molar-refractivity contribution in [2.75, 3.05) is 18.4 Å². The Morgan fingerprint density at radius 1 is 1.07 bits per heavy atom. The average molecular weight is 443 g/mol. The fourth-order valence-electron chi connectivity index (χ4n) is 3.04. The van der Waals surface area contributed by atoms with Crippen LogP contribution in [0.15, 0.2) is 47.4 Å². The number of hydrogen-bond donors (Lipinski definition) is 1. The number of carbonyl (C=O) groups excluding carboxylic acids is 1. The van der Waals surface area contributed by atoms with Crippen LogP contribution in [0.3, 0.4) is 0 Å². The molecule has 150 valence electrons. The van der Waals surface area contributed by atoms with Gasteiger partial charge in [-0.1, -0.05) is 23.2 Å². The molecule has 1 heterocycles. The minimum Gasteiger partial charge on any atom is -0.373 e. The normalized spacial score (nSPS) is 20.7. The molecule has 0 radical (unpaired) electrons. The van der Waals surface area contributed by atoms with Crippen molar-refractivity contribution in [1.82, 2.24) is 4.31 Å². The van der Waals surface area contributed by atoms with E-state index in [1.165, 1.54) is 28.6 Å². The molecule has 0 unspecified atom stereocenters. The molecule has 6 nitrogen and oxygen atoms in total. The Morgan fingerprint density at radius 3 is 2.29 bits per heavy atom. The number of ether oxygens (including phenoxy) is 1. The second-order valence-electron chi connectivity index (χ2n) is 6.68. The minimum absolute atomic E-state index is 0.131. The smallest absolute Gasteiger partial charge is 0.255 e. The van der Waals surface area contributed by atoms with Gasteiger partial charge in [0.15, 0.2) is 0 Å². The predicted molar refractivity (Wildman–Crippen MR) is 110 cm³/mol. The van der Waals surface area contributed by atoms with Gasteiger partial charge in [0.05, 0.1) is 27.8 Å². The van der Waals surface area contributed by atoms with Gasteiger partial charge in [0.25, 0.3) is 5.91 Å². The van der Waals surface area contributed by atoms with Crippen LogP contribution in [0.1, 0.15) is 24.2 Å². The molecule has 2 aromatic rings. The maximum Gasteiger partial charge on any atom is 0.255 e. The van der Waals surface area contributed by atoms with Crippen molar-refractivity contribution < 1.29 is 17.9 Å². The zero-order chi connectivity index (χ0) is 20.5. The third-order valence-corrected chi connectivity index (χ3v) is 6.73. The molecule has 1 fully saturated rings. The largest absolute Gasteiger partial charge is 0.373 e. The van der Waals surface area contributed by atoms with Gasteiger partial charge in [-0.25, -0.2) is 8.42 Å². The molecule has 0 spiro atoms. The number of nitrogens with zero attached hydrogens (tertiary/aromatic N) is 1. The van der Waals surface area contributed by atoms with Gasteiger partial charge in [-0.05, 0) is 56.3 Å². The number of nitrogens with one attached hydrogen (secondary N) is 1. The van der Waals surface area contributed by atoms with E-state index in [1.54, 1.807) is 18.2 Å². The first-order chi connectivity index (χ1) is 13.2. The zero-order valence-corrected chi connectivity index (χ0v) is 17.7. The number of morpholine rings is 1. The second kappa shape index (κ2) is 8.39. The van der Waals surface area contributed by atoms with Crippen molar-refractivity contribution in [3.8, 4) is 0 Å². The first kappa shape index (κ1) is 21.1. The van der Waals surface area contributed by atoms with E-state index < -0.39 is 15.9 Å². The molecule has 1 N–H and O–H groups in total. The van der Waals surface area contributed by atoms with Crippen molar-refractivity contribution in [1.29, 1.82) is 0 Å². The van der Waals surface area contributed by atoms with E-state index in [9.17, 15) is 13.2 Å². The van der Waals surface area contributed by atoms with Gasteiger partial charge >= 0.3 is 0 Å². The molecule has 1 amide bonds. The van der Waals surface area contributed by atoms with E-state index in [4.69, 9.17) is 27.9 Å². The van der Waals surface area contributed by atoms with Crippen LogP contribution in [0.25, 0.3) is 0 Å². The van der Waals surface area contributed by atoms with E-state index in [2.05, 4.69) is 5.32 Å². The van der Waals surface area contributed by atoms with Crippen LogP contribution >= 0.6 is 23.2 Å². The maximum absolute atomic E-state index is 12.9. The molecule has 28 heavy (non-hydrogen) atoms. The van der Waals surface area contributed by atoms with E-state index >= 15 is 0 Å². The van der Waals surface area contributed by atoms with Crippen LogP contribution in [-0.2, 0) is 14.8 Å². The van der Waals surface area contributed by atoms with Crippen LogP contribution in [0, 0.1) is 0 Å². The van der Waals surface area contributed by atoms with Crippen molar-refractivity contribution in [2.45, 2.75) is 31.0 Å². The summed E-state index contributed by atoms with van der Waals surface area (Å²) in [7, 11) is -3.66. The van der Waals surface area contributed by atoms with Crippen molar-refractivity contribution in [2.24, 2.45) is 0 Å². The van der Waals surface area contributed by atoms with Crippen LogP contribution in [0.5, 0.6) is 0 Å². The van der Waals surface area contributed by atoms with E-state index in [-0.39, 0.29) is 17.1 Å². The van der Waals surface area contributed by atoms with Crippen LogP contribution in [0.2, 0.25) is 10.0 Å². The summed E-state index contributed by atoms with van der Waals surface area (Å²) in [6, 6.07) is 10.5. The summed E-state index contributed by atoms with van der Waals surface area (Å²) < 4.78 is 32.7. The van der Waals surface area contributed by atoms with Gasteiger partial charge in [-0.15, -0.1) is 0 Å². The lowest BCUT2D eigenvalue weighted by molar-refractivity contribution is -0.0440. The maximum atomic E-state index is 12.9. The number of amides is 1. The molecule has 1 saturated heterocycles. The lowest BCUT2D eigenvalue weighted by Crippen LogP contribution is -2.48. The summed E-state index contributed by atoms with van der Waals surface area (Å²) in [5.41, 5.74) is 0.686. The molecule has 0 aliphatic carbocycles. The molecule has 2 atom stereocenters. The Kier molecular flexibility index (Phi) is 6.31. The average Bonchev–Trinajstić information content (AvgIpc) is 2.64. The summed E-state index contributed by atoms with van der Waals surface area (Å²) >= 11 is 12.0. The van der Waals surface area contributed by atoms with Gasteiger partial charge in [0.1, 0.15) is 0 Å². The summed E-state index contributed by atoms with van der Waals surface area (Å²) in [6.45, 7) is 4.27. The number of anilines is 1. The molecular weight excluding hydrogens is 423 g/mol. The quantitative estimate of drug-likeness (QED) is 0.774. The van der Waals surface area contributed by atoms with Gasteiger partial charge in [0.2, 0.25) is 10.0 Å². The van der Waals surface area contributed by atoms with Crippen molar-refractivity contribution >= 4 is 44.8 Å². The zero-order valence-electron chi connectivity index (χ0n) is 15.4. The monoisotopic (exact) mass is 442 g/mol. The van der Waals surface area contributed by atoms with Gasteiger partial charge in [-0.2, -0.15) is 4.31 Å². The van der Waals surface area contributed by atoms with Crippen molar-refractivity contribution in [3.63, 3.8) is 0 Å². The Hall–Kier alpha value is -1.64.